The van der Waals surface area contributed by atoms with E-state index in [4.69, 9.17) is 5.84 Å². The number of nitrogens with one attached hydrogen (secondary N) is 1. The van der Waals surface area contributed by atoms with Crippen molar-refractivity contribution in [1.82, 2.24) is 25.4 Å². The van der Waals surface area contributed by atoms with Gasteiger partial charge < -0.3 is 0 Å². The maximum absolute atomic E-state index is 5.72. The monoisotopic (exact) mass is 260 g/mol. The Hall–Kier alpha value is -1.79. The highest BCUT2D eigenvalue weighted by atomic mass is 15.4. The molecule has 6 nitrogen and oxygen atoms in total. The van der Waals surface area contributed by atoms with Gasteiger partial charge >= 0.3 is 0 Å². The molecular weight excluding hydrogens is 240 g/mol. The first-order valence-corrected chi connectivity index (χ1v) is 6.46. The average Bonchev–Trinajstić information content (AvgIpc) is 2.82. The van der Waals surface area contributed by atoms with Crippen LogP contribution in [0.2, 0.25) is 0 Å². The van der Waals surface area contributed by atoms with Crippen LogP contribution in [0.1, 0.15) is 42.0 Å². The zero-order valence-electron chi connectivity index (χ0n) is 11.6. The van der Waals surface area contributed by atoms with Crippen molar-refractivity contribution < 1.29 is 0 Å². The molecule has 1 atom stereocenters. The zero-order valence-corrected chi connectivity index (χ0v) is 11.6. The Kier molecular flexibility index (Phi) is 4.24. The summed E-state index contributed by atoms with van der Waals surface area (Å²) in [6.45, 7) is 6.89. The minimum atomic E-state index is -0.144. The van der Waals surface area contributed by atoms with Gasteiger partial charge in [-0.2, -0.15) is 0 Å². The molecule has 102 valence electrons. The molecule has 0 aliphatic heterocycles. The van der Waals surface area contributed by atoms with Crippen molar-refractivity contribution in [2.24, 2.45) is 5.84 Å². The van der Waals surface area contributed by atoms with Crippen molar-refractivity contribution in [3.63, 3.8) is 0 Å². The predicted octanol–water partition coefficient (Wildman–Crippen LogP) is 1.25. The minimum Gasteiger partial charge on any atom is -0.271 e. The summed E-state index contributed by atoms with van der Waals surface area (Å²) >= 11 is 0. The maximum Gasteiger partial charge on any atom is 0.0912 e. The molecule has 0 aliphatic rings. The van der Waals surface area contributed by atoms with Crippen LogP contribution in [0.15, 0.2) is 18.3 Å². The van der Waals surface area contributed by atoms with Crippen LogP contribution in [0.4, 0.5) is 0 Å². The number of nitrogens with zero attached hydrogens (tertiary/aromatic N) is 4. The van der Waals surface area contributed by atoms with Crippen molar-refractivity contribution >= 4 is 0 Å². The summed E-state index contributed by atoms with van der Waals surface area (Å²) in [4.78, 5) is 4.48. The molecule has 2 aromatic heterocycles. The van der Waals surface area contributed by atoms with Crippen molar-refractivity contribution in [2.75, 3.05) is 0 Å². The van der Waals surface area contributed by atoms with Gasteiger partial charge in [-0.3, -0.25) is 10.8 Å². The summed E-state index contributed by atoms with van der Waals surface area (Å²) in [7, 11) is 0. The van der Waals surface area contributed by atoms with Crippen LogP contribution < -0.4 is 11.3 Å². The van der Waals surface area contributed by atoms with E-state index in [9.17, 15) is 0 Å². The summed E-state index contributed by atoms with van der Waals surface area (Å²) in [5, 5.41) is 8.08. The molecule has 0 amide bonds. The summed E-state index contributed by atoms with van der Waals surface area (Å²) in [5.74, 6) is 5.72. The quantitative estimate of drug-likeness (QED) is 0.624. The van der Waals surface area contributed by atoms with E-state index in [2.05, 4.69) is 27.6 Å². The molecule has 3 N–H and O–H groups in total. The number of pyridine rings is 1. The molecule has 0 saturated heterocycles. The number of hydrogen-bond donors (Lipinski definition) is 2. The Morgan fingerprint density at radius 2 is 2.16 bits per heavy atom. The lowest BCUT2D eigenvalue weighted by Gasteiger charge is -2.19. The number of hydrazine groups is 1. The highest BCUT2D eigenvalue weighted by Crippen LogP contribution is 2.23. The third-order valence-electron chi connectivity index (χ3n) is 3.12. The van der Waals surface area contributed by atoms with Gasteiger partial charge in [0, 0.05) is 17.9 Å². The van der Waals surface area contributed by atoms with Crippen molar-refractivity contribution in [3.8, 4) is 0 Å². The van der Waals surface area contributed by atoms with E-state index < -0.39 is 0 Å². The van der Waals surface area contributed by atoms with Crippen LogP contribution >= 0.6 is 0 Å². The first-order chi connectivity index (χ1) is 9.17. The number of rotatable bonds is 5. The van der Waals surface area contributed by atoms with Gasteiger partial charge in [0.2, 0.25) is 0 Å². The third-order valence-corrected chi connectivity index (χ3v) is 3.12. The molecule has 2 rings (SSSR count). The Morgan fingerprint density at radius 1 is 1.37 bits per heavy atom. The fourth-order valence-electron chi connectivity index (χ4n) is 2.21. The molecule has 0 aromatic carbocycles. The highest BCUT2D eigenvalue weighted by Gasteiger charge is 2.20. The van der Waals surface area contributed by atoms with Gasteiger partial charge in [-0.15, -0.1) is 5.10 Å². The number of aromatic nitrogens is 4. The van der Waals surface area contributed by atoms with E-state index >= 15 is 0 Å². The van der Waals surface area contributed by atoms with Crippen LogP contribution in [0.3, 0.4) is 0 Å². The average molecular weight is 260 g/mol. The van der Waals surface area contributed by atoms with Crippen LogP contribution in [0, 0.1) is 13.8 Å². The van der Waals surface area contributed by atoms with Gasteiger partial charge in [0.15, 0.2) is 0 Å². The van der Waals surface area contributed by atoms with Crippen LogP contribution in [0.25, 0.3) is 0 Å². The van der Waals surface area contributed by atoms with Gasteiger partial charge in [-0.05, 0) is 31.9 Å². The Morgan fingerprint density at radius 3 is 2.79 bits per heavy atom. The lowest BCUT2D eigenvalue weighted by atomic mass is 10.0. The van der Waals surface area contributed by atoms with E-state index in [0.717, 1.165) is 35.6 Å². The molecule has 0 fully saturated rings. The van der Waals surface area contributed by atoms with Crippen LogP contribution in [0.5, 0.6) is 0 Å². The molecule has 0 saturated carbocycles. The molecule has 2 heterocycles. The molecule has 0 spiro atoms. The highest BCUT2D eigenvalue weighted by molar-refractivity contribution is 5.30. The largest absolute Gasteiger partial charge is 0.271 e. The lowest BCUT2D eigenvalue weighted by Crippen LogP contribution is -2.31. The first kappa shape index (κ1) is 13.6. The number of hydrogen-bond acceptors (Lipinski definition) is 5. The Balaban J connectivity index is 2.41. The predicted molar refractivity (Wildman–Crippen MR) is 73.2 cm³/mol. The molecule has 2 aromatic rings. The smallest absolute Gasteiger partial charge is 0.0912 e. The van der Waals surface area contributed by atoms with Crippen molar-refractivity contribution in [2.45, 2.75) is 39.8 Å². The van der Waals surface area contributed by atoms with Gasteiger partial charge in [0.05, 0.1) is 17.9 Å². The van der Waals surface area contributed by atoms with Gasteiger partial charge in [0.1, 0.15) is 0 Å². The van der Waals surface area contributed by atoms with Gasteiger partial charge in [0.25, 0.3) is 0 Å². The van der Waals surface area contributed by atoms with Gasteiger partial charge in [-0.1, -0.05) is 18.2 Å². The van der Waals surface area contributed by atoms with Crippen molar-refractivity contribution in [1.29, 1.82) is 0 Å². The first-order valence-electron chi connectivity index (χ1n) is 6.46. The fraction of sp³-hybridized carbons (Fsp3) is 0.462. The summed E-state index contributed by atoms with van der Waals surface area (Å²) in [6.07, 6.45) is 2.75. The van der Waals surface area contributed by atoms with E-state index in [0.29, 0.717) is 0 Å². The van der Waals surface area contributed by atoms with Gasteiger partial charge in [-0.25, -0.2) is 10.1 Å². The summed E-state index contributed by atoms with van der Waals surface area (Å²) < 4.78 is 1.88. The molecule has 19 heavy (non-hydrogen) atoms. The standard InChI is InChI=1S/C13H20N6/c1-4-7-19-12(8-15-18-19)13(17-14)11-6-5-9(2)16-10(11)3/h5-6,8,13,17H,4,7,14H2,1-3H3. The van der Waals surface area contributed by atoms with E-state index in [1.807, 2.05) is 30.7 Å². The lowest BCUT2D eigenvalue weighted by molar-refractivity contribution is 0.510. The molecular formula is C13H20N6. The maximum atomic E-state index is 5.72. The molecule has 0 bridgehead atoms. The molecule has 1 unspecified atom stereocenters. The van der Waals surface area contributed by atoms with E-state index in [1.165, 1.54) is 0 Å². The summed E-state index contributed by atoms with van der Waals surface area (Å²) in [6, 6.07) is 3.89. The Labute approximate surface area is 113 Å². The normalized spacial score (nSPS) is 12.6. The Bertz CT molecular complexity index is 548. The third kappa shape index (κ3) is 2.80. The molecule has 6 heteroatoms. The fourth-order valence-corrected chi connectivity index (χ4v) is 2.21. The topological polar surface area (TPSA) is 81.7 Å². The number of nitrogens with two attached hydrogens (primary N) is 1. The minimum absolute atomic E-state index is 0.144. The molecule has 0 radical (unpaired) electrons. The van der Waals surface area contributed by atoms with Crippen LogP contribution in [-0.2, 0) is 6.54 Å². The zero-order chi connectivity index (χ0) is 13.8. The molecule has 0 aliphatic carbocycles. The van der Waals surface area contributed by atoms with E-state index in [1.54, 1.807) is 6.20 Å². The van der Waals surface area contributed by atoms with E-state index in [-0.39, 0.29) is 6.04 Å². The number of aryl methyl sites for hydroxylation is 3. The van der Waals surface area contributed by atoms with Crippen LogP contribution in [-0.4, -0.2) is 20.0 Å². The second kappa shape index (κ2) is 5.90. The second-order valence-corrected chi connectivity index (χ2v) is 4.61. The SMILES string of the molecule is CCCn1nncc1C(NN)c1ccc(C)nc1C. The second-order valence-electron chi connectivity index (χ2n) is 4.61. The van der Waals surface area contributed by atoms with Crippen molar-refractivity contribution in [3.05, 3.63) is 41.0 Å². The summed E-state index contributed by atoms with van der Waals surface area (Å²) in [5.41, 5.74) is 6.81.